The van der Waals surface area contributed by atoms with Crippen molar-refractivity contribution in [2.24, 2.45) is 0 Å². The predicted molar refractivity (Wildman–Crippen MR) is 115 cm³/mol. The van der Waals surface area contributed by atoms with Gasteiger partial charge in [-0.05, 0) is 37.8 Å². The predicted octanol–water partition coefficient (Wildman–Crippen LogP) is 4.06. The number of fused-ring (bicyclic) bond motifs is 2. The lowest BCUT2D eigenvalue weighted by molar-refractivity contribution is -0.138. The fourth-order valence-electron chi connectivity index (χ4n) is 4.35. The number of amides is 1. The monoisotopic (exact) mass is 439 g/mol. The Morgan fingerprint density at radius 2 is 1.74 bits per heavy atom. The van der Waals surface area contributed by atoms with Gasteiger partial charge in [-0.25, -0.2) is 4.79 Å². The molecule has 6 nitrogen and oxygen atoms in total. The maximum absolute atomic E-state index is 12.9. The molecular formula is C24H22ClNO5. The van der Waals surface area contributed by atoms with Gasteiger partial charge in [0.1, 0.15) is 0 Å². The van der Waals surface area contributed by atoms with Gasteiger partial charge >= 0.3 is 5.97 Å². The van der Waals surface area contributed by atoms with E-state index in [4.69, 9.17) is 16.3 Å². The van der Waals surface area contributed by atoms with Crippen LogP contribution in [-0.2, 0) is 9.53 Å². The average Bonchev–Trinajstić information content (AvgIpc) is 2.80. The Kier molecular flexibility index (Phi) is 5.92. The average molecular weight is 440 g/mol. The number of ketones is 2. The third-order valence-electron chi connectivity index (χ3n) is 6.00. The van der Waals surface area contributed by atoms with Crippen LogP contribution in [-0.4, -0.2) is 47.5 Å². The number of likely N-dealkylation sites (tertiary alicyclic amines) is 1. The highest BCUT2D eigenvalue weighted by atomic mass is 35.5. The molecule has 1 heterocycles. The van der Waals surface area contributed by atoms with Crippen LogP contribution in [0.1, 0.15) is 74.8 Å². The number of rotatable bonds is 4. The zero-order valence-electron chi connectivity index (χ0n) is 17.2. The van der Waals surface area contributed by atoms with Crippen molar-refractivity contribution in [1.82, 2.24) is 4.90 Å². The minimum Gasteiger partial charge on any atom is -0.452 e. The fourth-order valence-corrected chi connectivity index (χ4v) is 4.67. The maximum Gasteiger partial charge on any atom is 0.340 e. The summed E-state index contributed by atoms with van der Waals surface area (Å²) in [7, 11) is 0. The van der Waals surface area contributed by atoms with E-state index >= 15 is 0 Å². The maximum atomic E-state index is 12.9. The number of benzene rings is 2. The van der Waals surface area contributed by atoms with Gasteiger partial charge in [0.15, 0.2) is 18.2 Å². The number of carbonyl (C=O) groups excluding carboxylic acids is 4. The second-order valence-electron chi connectivity index (χ2n) is 7.77. The molecule has 1 fully saturated rings. The molecule has 0 spiro atoms. The summed E-state index contributed by atoms with van der Waals surface area (Å²) in [5, 5.41) is -0.132. The number of piperidine rings is 1. The Hall–Kier alpha value is -2.99. The van der Waals surface area contributed by atoms with Gasteiger partial charge in [-0.1, -0.05) is 42.8 Å². The minimum absolute atomic E-state index is 0.00628. The van der Waals surface area contributed by atoms with Crippen molar-refractivity contribution in [2.45, 2.75) is 38.6 Å². The van der Waals surface area contributed by atoms with Crippen molar-refractivity contribution in [3.05, 3.63) is 69.2 Å². The Labute approximate surface area is 185 Å². The molecule has 1 unspecified atom stereocenters. The van der Waals surface area contributed by atoms with Gasteiger partial charge in [0.05, 0.1) is 16.1 Å². The summed E-state index contributed by atoms with van der Waals surface area (Å²) in [6.45, 7) is 2.30. The molecule has 0 aromatic heterocycles. The van der Waals surface area contributed by atoms with Crippen molar-refractivity contribution in [1.29, 1.82) is 0 Å². The standard InChI is InChI=1S/C24H22ClNO5/c1-2-14-7-5-6-12-26(14)19(27)13-31-24(30)18-11-10-17-20(21(18)25)23(29)16-9-4-3-8-15(16)22(17)28/h3-4,8-11,14H,2,5-7,12-13H2,1H3. The summed E-state index contributed by atoms with van der Waals surface area (Å²) in [4.78, 5) is 52.7. The van der Waals surface area contributed by atoms with Crippen LogP contribution >= 0.6 is 11.6 Å². The summed E-state index contributed by atoms with van der Waals surface area (Å²) in [5.74, 6) is -1.78. The number of hydrogen-bond acceptors (Lipinski definition) is 5. The molecule has 0 radical (unpaired) electrons. The van der Waals surface area contributed by atoms with E-state index in [-0.39, 0.29) is 45.0 Å². The first kappa shape index (κ1) is 21.2. The largest absolute Gasteiger partial charge is 0.452 e. The van der Waals surface area contributed by atoms with Crippen LogP contribution in [0.25, 0.3) is 0 Å². The van der Waals surface area contributed by atoms with Gasteiger partial charge in [0, 0.05) is 29.3 Å². The van der Waals surface area contributed by atoms with Gasteiger partial charge in [0.2, 0.25) is 0 Å². The van der Waals surface area contributed by atoms with E-state index in [0.29, 0.717) is 12.1 Å². The highest BCUT2D eigenvalue weighted by Crippen LogP contribution is 2.34. The molecule has 1 aliphatic carbocycles. The van der Waals surface area contributed by atoms with Gasteiger partial charge in [-0.2, -0.15) is 0 Å². The molecule has 1 aliphatic heterocycles. The molecule has 0 bridgehead atoms. The van der Waals surface area contributed by atoms with E-state index in [1.807, 2.05) is 6.92 Å². The van der Waals surface area contributed by atoms with E-state index in [1.54, 1.807) is 29.2 Å². The van der Waals surface area contributed by atoms with Gasteiger partial charge < -0.3 is 9.64 Å². The van der Waals surface area contributed by atoms with Crippen LogP contribution < -0.4 is 0 Å². The fraction of sp³-hybridized carbons (Fsp3) is 0.333. The Bertz CT molecular complexity index is 1090. The zero-order chi connectivity index (χ0) is 22.1. The molecule has 1 amide bonds. The lowest BCUT2D eigenvalue weighted by atomic mass is 9.83. The Morgan fingerprint density at radius 1 is 1.03 bits per heavy atom. The highest BCUT2D eigenvalue weighted by molar-refractivity contribution is 6.41. The van der Waals surface area contributed by atoms with Crippen LogP contribution in [0.2, 0.25) is 5.02 Å². The number of nitrogens with zero attached hydrogens (tertiary/aromatic N) is 1. The first-order chi connectivity index (χ1) is 14.9. The smallest absolute Gasteiger partial charge is 0.340 e. The molecule has 160 valence electrons. The number of halogens is 1. The van der Waals surface area contributed by atoms with Crippen LogP contribution in [0.5, 0.6) is 0 Å². The lowest BCUT2D eigenvalue weighted by Gasteiger charge is -2.35. The van der Waals surface area contributed by atoms with E-state index in [1.165, 1.54) is 12.1 Å². The summed E-state index contributed by atoms with van der Waals surface area (Å²) >= 11 is 6.39. The lowest BCUT2D eigenvalue weighted by Crippen LogP contribution is -2.45. The third kappa shape index (κ3) is 3.76. The molecule has 0 saturated carbocycles. The van der Waals surface area contributed by atoms with Crippen LogP contribution in [0.15, 0.2) is 36.4 Å². The van der Waals surface area contributed by atoms with E-state index in [2.05, 4.69) is 0 Å². The van der Waals surface area contributed by atoms with Crippen molar-refractivity contribution in [3.8, 4) is 0 Å². The van der Waals surface area contributed by atoms with Crippen molar-refractivity contribution in [3.63, 3.8) is 0 Å². The summed E-state index contributed by atoms with van der Waals surface area (Å²) in [5.41, 5.74) is 0.662. The van der Waals surface area contributed by atoms with Crippen molar-refractivity contribution >= 4 is 35.0 Å². The molecule has 7 heteroatoms. The third-order valence-corrected chi connectivity index (χ3v) is 6.39. The molecule has 2 aromatic carbocycles. The van der Waals surface area contributed by atoms with E-state index in [0.717, 1.165) is 25.7 Å². The molecule has 2 aromatic rings. The van der Waals surface area contributed by atoms with Crippen molar-refractivity contribution in [2.75, 3.05) is 13.2 Å². The van der Waals surface area contributed by atoms with Crippen LogP contribution in [0, 0.1) is 0 Å². The first-order valence-electron chi connectivity index (χ1n) is 10.4. The highest BCUT2D eigenvalue weighted by Gasteiger charge is 2.33. The van der Waals surface area contributed by atoms with Crippen LogP contribution in [0.3, 0.4) is 0 Å². The van der Waals surface area contributed by atoms with Gasteiger partial charge in [-0.3, -0.25) is 14.4 Å². The van der Waals surface area contributed by atoms with E-state index in [9.17, 15) is 19.2 Å². The summed E-state index contributed by atoms with van der Waals surface area (Å²) in [6, 6.07) is 9.43. The molecule has 2 aliphatic rings. The Morgan fingerprint density at radius 3 is 2.45 bits per heavy atom. The topological polar surface area (TPSA) is 80.8 Å². The van der Waals surface area contributed by atoms with Gasteiger partial charge in [0.25, 0.3) is 5.91 Å². The second kappa shape index (κ2) is 8.63. The molecule has 4 rings (SSSR count). The number of ether oxygens (including phenoxy) is 1. The second-order valence-corrected chi connectivity index (χ2v) is 8.15. The Balaban J connectivity index is 1.54. The SMILES string of the molecule is CCC1CCCCN1C(=O)COC(=O)c1ccc2c(c1Cl)C(=O)c1ccccc1C2=O. The molecule has 1 saturated heterocycles. The van der Waals surface area contributed by atoms with Gasteiger partial charge in [-0.15, -0.1) is 0 Å². The van der Waals surface area contributed by atoms with E-state index < -0.39 is 18.4 Å². The summed E-state index contributed by atoms with van der Waals surface area (Å²) < 4.78 is 5.23. The normalized spacial score (nSPS) is 17.7. The zero-order valence-corrected chi connectivity index (χ0v) is 17.9. The van der Waals surface area contributed by atoms with Crippen molar-refractivity contribution < 1.29 is 23.9 Å². The number of carbonyl (C=O) groups is 4. The molecule has 31 heavy (non-hydrogen) atoms. The minimum atomic E-state index is -0.801. The number of hydrogen-bond donors (Lipinski definition) is 0. The molecular weight excluding hydrogens is 418 g/mol. The first-order valence-corrected chi connectivity index (χ1v) is 10.8. The summed E-state index contributed by atoms with van der Waals surface area (Å²) in [6.07, 6.45) is 3.82. The number of esters is 1. The molecule has 0 N–H and O–H groups in total. The quantitative estimate of drug-likeness (QED) is 0.572. The molecule has 1 atom stereocenters. The van der Waals surface area contributed by atoms with Crippen LogP contribution in [0.4, 0.5) is 0 Å².